The van der Waals surface area contributed by atoms with Gasteiger partial charge in [-0.3, -0.25) is 0 Å². The Balaban J connectivity index is 1.04. The normalized spacial score (nSPS) is 11.4. The number of anilines is 3. The first kappa shape index (κ1) is 34.5. The molecule has 0 aliphatic carbocycles. The highest BCUT2D eigenvalue weighted by molar-refractivity contribution is 6.15. The van der Waals surface area contributed by atoms with Gasteiger partial charge in [0.15, 0.2) is 0 Å². The van der Waals surface area contributed by atoms with E-state index in [1.165, 1.54) is 87.6 Å². The quantitative estimate of drug-likeness (QED) is 0.147. The molecule has 0 unspecified atom stereocenters. The van der Waals surface area contributed by atoms with Crippen LogP contribution in [0.1, 0.15) is 0 Å². The minimum atomic E-state index is 1.09. The maximum Gasteiger partial charge on any atom is 0.0467 e. The van der Waals surface area contributed by atoms with E-state index in [-0.39, 0.29) is 0 Å². The molecule has 0 saturated carbocycles. The van der Waals surface area contributed by atoms with E-state index < -0.39 is 0 Å². The van der Waals surface area contributed by atoms with Crippen LogP contribution >= 0.6 is 0 Å². The van der Waals surface area contributed by atoms with Crippen LogP contribution in [0.4, 0.5) is 17.1 Å². The number of nitrogens with zero attached hydrogens (tertiary/aromatic N) is 1. The monoisotopic (exact) mass is 749 g/mol. The molecule has 1 heteroatoms. The summed E-state index contributed by atoms with van der Waals surface area (Å²) in [6, 6.07) is 86.2. The third-order valence-corrected chi connectivity index (χ3v) is 11.8. The summed E-state index contributed by atoms with van der Waals surface area (Å²) in [5.74, 6) is 0. The minimum absolute atomic E-state index is 1.09. The van der Waals surface area contributed by atoms with Crippen LogP contribution in [0.15, 0.2) is 237 Å². The molecule has 11 rings (SSSR count). The second kappa shape index (κ2) is 14.6. The molecule has 59 heavy (non-hydrogen) atoms. The fourth-order valence-corrected chi connectivity index (χ4v) is 8.95. The lowest BCUT2D eigenvalue weighted by Crippen LogP contribution is -2.10. The van der Waals surface area contributed by atoms with Crippen molar-refractivity contribution in [2.75, 3.05) is 4.90 Å². The molecule has 0 amide bonds. The number of fused-ring (bicyclic) bond motifs is 6. The van der Waals surface area contributed by atoms with Gasteiger partial charge in [0, 0.05) is 17.1 Å². The smallest absolute Gasteiger partial charge is 0.0467 e. The fraction of sp³-hybridized carbons (Fsp3) is 0. The van der Waals surface area contributed by atoms with E-state index in [0.717, 1.165) is 17.1 Å². The molecule has 0 atom stereocenters. The van der Waals surface area contributed by atoms with Crippen LogP contribution < -0.4 is 4.90 Å². The topological polar surface area (TPSA) is 3.24 Å². The highest BCUT2D eigenvalue weighted by atomic mass is 15.1. The Morgan fingerprint density at radius 1 is 0.203 bits per heavy atom. The van der Waals surface area contributed by atoms with Gasteiger partial charge in [0.1, 0.15) is 0 Å². The Morgan fingerprint density at radius 2 is 0.610 bits per heavy atom. The molecule has 0 saturated heterocycles. The van der Waals surface area contributed by atoms with E-state index in [0.29, 0.717) is 0 Å². The van der Waals surface area contributed by atoms with E-state index in [2.05, 4.69) is 241 Å². The molecule has 276 valence electrons. The van der Waals surface area contributed by atoms with E-state index >= 15 is 0 Å². The van der Waals surface area contributed by atoms with Crippen LogP contribution in [0.5, 0.6) is 0 Å². The summed E-state index contributed by atoms with van der Waals surface area (Å²) in [6.45, 7) is 0. The molecule has 0 aromatic heterocycles. The fourth-order valence-electron chi connectivity index (χ4n) is 8.95. The van der Waals surface area contributed by atoms with Crippen LogP contribution in [0.2, 0.25) is 0 Å². The zero-order valence-corrected chi connectivity index (χ0v) is 32.5. The lowest BCUT2D eigenvalue weighted by Gasteiger charge is -2.27. The number of hydrogen-bond donors (Lipinski definition) is 0. The molecule has 11 aromatic rings. The van der Waals surface area contributed by atoms with Gasteiger partial charge in [-0.1, -0.05) is 182 Å². The molecule has 0 fully saturated rings. The largest absolute Gasteiger partial charge is 0.310 e. The molecule has 1 nitrogen and oxygen atoms in total. The van der Waals surface area contributed by atoms with Crippen LogP contribution in [0.25, 0.3) is 87.6 Å². The first-order valence-electron chi connectivity index (χ1n) is 20.3. The number of hydrogen-bond acceptors (Lipinski definition) is 1. The molecule has 0 heterocycles. The van der Waals surface area contributed by atoms with Gasteiger partial charge in [0.25, 0.3) is 0 Å². The molecule has 11 aromatic carbocycles. The summed E-state index contributed by atoms with van der Waals surface area (Å²) in [4.78, 5) is 2.39. The van der Waals surface area contributed by atoms with Crippen molar-refractivity contribution in [3.63, 3.8) is 0 Å². The Labute approximate surface area is 344 Å². The van der Waals surface area contributed by atoms with Gasteiger partial charge in [-0.05, 0) is 142 Å². The average molecular weight is 750 g/mol. The highest BCUT2D eigenvalue weighted by Gasteiger charge is 2.17. The Kier molecular flexibility index (Phi) is 8.56. The summed E-state index contributed by atoms with van der Waals surface area (Å²) in [5.41, 5.74) is 12.9. The third-order valence-electron chi connectivity index (χ3n) is 11.8. The predicted molar refractivity (Wildman–Crippen MR) is 253 cm³/mol. The first-order chi connectivity index (χ1) is 29.2. The molecule has 0 aliphatic heterocycles. The van der Waals surface area contributed by atoms with Crippen molar-refractivity contribution in [1.82, 2.24) is 0 Å². The zero-order valence-electron chi connectivity index (χ0n) is 32.5. The molecule has 0 spiro atoms. The Bertz CT molecular complexity index is 3310. The molecule has 0 aliphatic rings. The summed E-state index contributed by atoms with van der Waals surface area (Å²) in [6.07, 6.45) is 0. The SMILES string of the molecule is c1ccc(-c2cccc(-c3ccc(N(c4ccc(-c5cc6ccccc6c6ccccc56)cc4)c4cccc(-c5cc6ccccc6c6ccccc56)c4)cc3)c2)cc1. The first-order valence-corrected chi connectivity index (χ1v) is 20.3. The van der Waals surface area contributed by atoms with Gasteiger partial charge < -0.3 is 4.90 Å². The zero-order chi connectivity index (χ0) is 39.1. The van der Waals surface area contributed by atoms with Crippen molar-refractivity contribution < 1.29 is 0 Å². The molecule has 0 radical (unpaired) electrons. The van der Waals surface area contributed by atoms with Gasteiger partial charge in [-0.25, -0.2) is 0 Å². The van der Waals surface area contributed by atoms with Crippen LogP contribution in [0.3, 0.4) is 0 Å². The average Bonchev–Trinajstić information content (AvgIpc) is 3.32. The van der Waals surface area contributed by atoms with Crippen molar-refractivity contribution in [3.05, 3.63) is 237 Å². The third kappa shape index (κ3) is 6.30. The van der Waals surface area contributed by atoms with E-state index in [9.17, 15) is 0 Å². The molecular formula is C58H39N. The van der Waals surface area contributed by atoms with E-state index in [1.807, 2.05) is 0 Å². The molecule has 0 bridgehead atoms. The number of benzene rings is 11. The van der Waals surface area contributed by atoms with Gasteiger partial charge in [-0.15, -0.1) is 0 Å². The van der Waals surface area contributed by atoms with Crippen molar-refractivity contribution in [2.24, 2.45) is 0 Å². The summed E-state index contributed by atoms with van der Waals surface area (Å²) in [7, 11) is 0. The molecule has 0 N–H and O–H groups in total. The second-order valence-corrected chi connectivity index (χ2v) is 15.3. The summed E-state index contributed by atoms with van der Waals surface area (Å²) >= 11 is 0. The maximum atomic E-state index is 2.39. The van der Waals surface area contributed by atoms with Crippen molar-refractivity contribution in [2.45, 2.75) is 0 Å². The Morgan fingerprint density at radius 3 is 1.19 bits per heavy atom. The lowest BCUT2D eigenvalue weighted by molar-refractivity contribution is 1.28. The van der Waals surface area contributed by atoms with E-state index in [4.69, 9.17) is 0 Å². The van der Waals surface area contributed by atoms with Crippen LogP contribution in [-0.2, 0) is 0 Å². The van der Waals surface area contributed by atoms with Gasteiger partial charge in [-0.2, -0.15) is 0 Å². The van der Waals surface area contributed by atoms with Gasteiger partial charge >= 0.3 is 0 Å². The highest BCUT2D eigenvalue weighted by Crippen LogP contribution is 2.42. The van der Waals surface area contributed by atoms with Crippen molar-refractivity contribution in [3.8, 4) is 44.5 Å². The van der Waals surface area contributed by atoms with Crippen LogP contribution in [-0.4, -0.2) is 0 Å². The van der Waals surface area contributed by atoms with Gasteiger partial charge in [0.2, 0.25) is 0 Å². The standard InChI is InChI=1S/C58H39N/c1-2-14-40(15-3-1)43-18-12-19-44(36-43)41-28-32-48(33-29-41)59(49-34-30-42(31-35-49)57-38-46-16-4-6-22-51(46)53-24-8-10-26-55(53)57)50-21-13-20-45(37-50)58-39-47-17-5-7-23-52(47)54-25-9-11-27-56(54)58/h1-39H. The van der Waals surface area contributed by atoms with Gasteiger partial charge in [0.05, 0.1) is 0 Å². The maximum absolute atomic E-state index is 2.39. The minimum Gasteiger partial charge on any atom is -0.310 e. The second-order valence-electron chi connectivity index (χ2n) is 15.3. The predicted octanol–water partition coefficient (Wildman–Crippen LogP) is 16.4. The van der Waals surface area contributed by atoms with Crippen LogP contribution in [0, 0.1) is 0 Å². The number of rotatable bonds is 7. The van der Waals surface area contributed by atoms with Crippen molar-refractivity contribution in [1.29, 1.82) is 0 Å². The van der Waals surface area contributed by atoms with Crippen molar-refractivity contribution >= 4 is 60.2 Å². The summed E-state index contributed by atoms with van der Waals surface area (Å²) < 4.78 is 0. The van der Waals surface area contributed by atoms with E-state index in [1.54, 1.807) is 0 Å². The Hall–Kier alpha value is -7.74. The molecular weight excluding hydrogens is 711 g/mol. The lowest BCUT2D eigenvalue weighted by atomic mass is 9.92. The summed E-state index contributed by atoms with van der Waals surface area (Å²) in [5, 5.41) is 10.1.